The molecule has 0 aromatic heterocycles. The van der Waals surface area contributed by atoms with Gasteiger partial charge in [-0.3, -0.25) is 13.8 Å². The quantitative estimate of drug-likeness (QED) is 0.0158. The van der Waals surface area contributed by atoms with E-state index in [1.807, 2.05) is 0 Å². The van der Waals surface area contributed by atoms with Gasteiger partial charge in [0, 0.05) is 0 Å². The van der Waals surface area contributed by atoms with Crippen LogP contribution in [0, 0.1) is 0 Å². The molecular formula is C52H100NO12P. The van der Waals surface area contributed by atoms with Gasteiger partial charge in [0.2, 0.25) is 5.91 Å². The number of phosphoric ester groups is 1. The number of aliphatic hydroxyl groups is 7. The van der Waals surface area contributed by atoms with Crippen molar-refractivity contribution < 1.29 is 59.0 Å². The van der Waals surface area contributed by atoms with Crippen molar-refractivity contribution in [3.05, 3.63) is 24.3 Å². The zero-order chi connectivity index (χ0) is 48.7. The van der Waals surface area contributed by atoms with Crippen molar-refractivity contribution in [1.29, 1.82) is 0 Å². The van der Waals surface area contributed by atoms with E-state index in [1.165, 1.54) is 147 Å². The van der Waals surface area contributed by atoms with Crippen molar-refractivity contribution >= 4 is 13.7 Å². The lowest BCUT2D eigenvalue weighted by Gasteiger charge is -2.41. The molecule has 0 heterocycles. The molecule has 0 bridgehead atoms. The van der Waals surface area contributed by atoms with Crippen molar-refractivity contribution in [3.63, 3.8) is 0 Å². The molecule has 1 fully saturated rings. The number of unbranched alkanes of at least 4 members (excludes halogenated alkanes) is 30. The first-order valence-electron chi connectivity index (χ1n) is 26.9. The Morgan fingerprint density at radius 3 is 1.29 bits per heavy atom. The molecule has 0 aliphatic heterocycles. The maximum Gasteiger partial charge on any atom is 0.472 e. The van der Waals surface area contributed by atoms with E-state index in [9.17, 15) is 50.0 Å². The second kappa shape index (κ2) is 41.6. The van der Waals surface area contributed by atoms with Gasteiger partial charge in [-0.1, -0.05) is 212 Å². The molecular weight excluding hydrogens is 862 g/mol. The van der Waals surface area contributed by atoms with Crippen LogP contribution in [0.15, 0.2) is 24.3 Å². The molecule has 0 aromatic carbocycles. The zero-order valence-corrected chi connectivity index (χ0v) is 42.5. The number of aliphatic hydroxyl groups excluding tert-OH is 7. The lowest BCUT2D eigenvalue weighted by atomic mass is 9.85. The Hall–Kier alpha value is -1.22. The topological polar surface area (TPSA) is 226 Å². The molecule has 66 heavy (non-hydrogen) atoms. The van der Waals surface area contributed by atoms with E-state index in [0.29, 0.717) is 12.8 Å². The van der Waals surface area contributed by atoms with Crippen LogP contribution in [0.25, 0.3) is 0 Å². The summed E-state index contributed by atoms with van der Waals surface area (Å²) in [7, 11) is -5.14. The number of hydrogen-bond acceptors (Lipinski definition) is 11. The number of carbonyl (C=O) groups is 1. The third-order valence-electron chi connectivity index (χ3n) is 13.0. The molecule has 8 atom stereocenters. The monoisotopic (exact) mass is 962 g/mol. The van der Waals surface area contributed by atoms with Crippen molar-refractivity contribution in [2.45, 2.75) is 293 Å². The van der Waals surface area contributed by atoms with Crippen LogP contribution in [0.3, 0.4) is 0 Å². The highest BCUT2D eigenvalue weighted by Crippen LogP contribution is 2.47. The molecule has 8 unspecified atom stereocenters. The van der Waals surface area contributed by atoms with Crippen LogP contribution in [0.2, 0.25) is 0 Å². The summed E-state index contributed by atoms with van der Waals surface area (Å²) in [6.07, 6.45) is 34.0. The Balaban J connectivity index is 2.44. The summed E-state index contributed by atoms with van der Waals surface area (Å²) in [5, 5.41) is 74.7. The predicted octanol–water partition coefficient (Wildman–Crippen LogP) is 10.3. The van der Waals surface area contributed by atoms with E-state index in [-0.39, 0.29) is 6.42 Å². The lowest BCUT2D eigenvalue weighted by Crippen LogP contribution is -2.64. The first-order chi connectivity index (χ1) is 31.8. The van der Waals surface area contributed by atoms with Crippen molar-refractivity contribution in [1.82, 2.24) is 5.32 Å². The number of phosphoric acid groups is 1. The maximum atomic E-state index is 13.1. The summed E-state index contributed by atoms with van der Waals surface area (Å²) < 4.78 is 22.9. The third kappa shape index (κ3) is 32.6. The van der Waals surface area contributed by atoms with E-state index in [2.05, 4.69) is 31.3 Å². The Morgan fingerprint density at radius 2 is 0.879 bits per heavy atom. The van der Waals surface area contributed by atoms with E-state index in [1.54, 1.807) is 6.08 Å². The summed E-state index contributed by atoms with van der Waals surface area (Å²) in [4.78, 5) is 23.5. The van der Waals surface area contributed by atoms with Crippen molar-refractivity contribution in [2.75, 3.05) is 6.61 Å². The first kappa shape index (κ1) is 62.8. The second-order valence-electron chi connectivity index (χ2n) is 19.3. The third-order valence-corrected chi connectivity index (χ3v) is 14.0. The van der Waals surface area contributed by atoms with Gasteiger partial charge in [0.1, 0.15) is 36.6 Å². The van der Waals surface area contributed by atoms with Gasteiger partial charge in [0.25, 0.3) is 0 Å². The van der Waals surface area contributed by atoms with Crippen LogP contribution in [0.5, 0.6) is 0 Å². The van der Waals surface area contributed by atoms with Crippen LogP contribution in [-0.4, -0.2) is 108 Å². The van der Waals surface area contributed by atoms with Gasteiger partial charge in [-0.15, -0.1) is 0 Å². The Kier molecular flexibility index (Phi) is 39.5. The molecule has 0 saturated heterocycles. The fraction of sp³-hybridized carbons (Fsp3) is 0.904. The summed E-state index contributed by atoms with van der Waals surface area (Å²) in [5.74, 6) is -0.595. The highest BCUT2D eigenvalue weighted by molar-refractivity contribution is 7.47. The van der Waals surface area contributed by atoms with E-state index >= 15 is 0 Å². The van der Waals surface area contributed by atoms with Gasteiger partial charge in [-0.2, -0.15) is 0 Å². The van der Waals surface area contributed by atoms with Gasteiger partial charge in [-0.05, 0) is 44.9 Å². The smallest absolute Gasteiger partial charge is 0.393 e. The lowest BCUT2D eigenvalue weighted by molar-refractivity contribution is -0.220. The van der Waals surface area contributed by atoms with Crippen LogP contribution < -0.4 is 5.32 Å². The molecule has 1 rings (SSSR count). The molecule has 0 spiro atoms. The Labute approximate surface area is 401 Å². The Morgan fingerprint density at radius 1 is 0.530 bits per heavy atom. The molecule has 0 radical (unpaired) electrons. The number of allylic oxidation sites excluding steroid dienone is 3. The number of amides is 1. The molecule has 9 N–H and O–H groups in total. The van der Waals surface area contributed by atoms with Gasteiger partial charge in [-0.25, -0.2) is 4.57 Å². The van der Waals surface area contributed by atoms with Crippen LogP contribution >= 0.6 is 7.82 Å². The second-order valence-corrected chi connectivity index (χ2v) is 20.7. The number of rotatable bonds is 45. The maximum absolute atomic E-state index is 13.1. The standard InChI is InChI=1S/C52H100NO12P/c1-3-5-7-9-11-13-15-17-19-20-21-22-23-24-26-27-29-31-33-35-37-39-43(54)41-46(56)53-44(42-64-66(62,63)65-52-50(60)48(58)47(57)49(59)51(52)61)45(55)40-38-36-34-32-30-28-25-18-16-14-12-10-8-6-4-2/h24,26,38,40,43-45,47-52,54-55,57-61H,3-23,25,27-37,39,41-42H2,1-2H3,(H,53,56)(H,62,63)/b26-24-,40-38+. The van der Waals surface area contributed by atoms with Crippen molar-refractivity contribution in [3.8, 4) is 0 Å². The number of nitrogens with one attached hydrogen (secondary N) is 1. The minimum absolute atomic E-state index is 0.248. The fourth-order valence-electron chi connectivity index (χ4n) is 8.65. The number of hydrogen-bond donors (Lipinski definition) is 9. The van der Waals surface area contributed by atoms with E-state index in [0.717, 1.165) is 64.2 Å². The average Bonchev–Trinajstić information content (AvgIpc) is 3.29. The molecule has 1 aliphatic rings. The van der Waals surface area contributed by atoms with E-state index < -0.39 is 75.2 Å². The normalized spacial score (nSPS) is 22.5. The van der Waals surface area contributed by atoms with Crippen LogP contribution in [0.4, 0.5) is 0 Å². The minimum Gasteiger partial charge on any atom is -0.393 e. The van der Waals surface area contributed by atoms with Crippen LogP contribution in [-0.2, 0) is 18.4 Å². The highest BCUT2D eigenvalue weighted by atomic mass is 31.2. The van der Waals surface area contributed by atoms with Gasteiger partial charge >= 0.3 is 7.82 Å². The summed E-state index contributed by atoms with van der Waals surface area (Å²) in [6.45, 7) is 3.77. The van der Waals surface area contributed by atoms with Gasteiger partial charge in [0.05, 0.1) is 31.3 Å². The van der Waals surface area contributed by atoms with Crippen LogP contribution in [0.1, 0.15) is 239 Å². The summed E-state index contributed by atoms with van der Waals surface area (Å²) >= 11 is 0. The van der Waals surface area contributed by atoms with Gasteiger partial charge in [0.15, 0.2) is 0 Å². The molecule has 390 valence electrons. The largest absolute Gasteiger partial charge is 0.472 e. The SMILES string of the molecule is CCCCCCCCCCCCCC/C=C\CCCCCCCC(O)CC(=O)NC(COP(=O)(O)OC1C(O)C(O)C(O)C(O)C1O)C(O)/C=C/CCCCCCCCCCCCCCC. The molecule has 1 amide bonds. The Bertz CT molecular complexity index is 1230. The summed E-state index contributed by atoms with van der Waals surface area (Å²) in [6, 6.07) is -1.24. The molecule has 0 aromatic rings. The molecule has 13 nitrogen and oxygen atoms in total. The predicted molar refractivity (Wildman–Crippen MR) is 266 cm³/mol. The van der Waals surface area contributed by atoms with E-state index in [4.69, 9.17) is 9.05 Å². The molecule has 1 aliphatic carbocycles. The molecule has 1 saturated carbocycles. The molecule has 14 heteroatoms. The summed E-state index contributed by atoms with van der Waals surface area (Å²) in [5.41, 5.74) is 0. The van der Waals surface area contributed by atoms with Crippen molar-refractivity contribution in [2.24, 2.45) is 0 Å². The fourth-order valence-corrected chi connectivity index (χ4v) is 9.62. The van der Waals surface area contributed by atoms with Gasteiger partial charge < -0.3 is 46.0 Å². The zero-order valence-electron chi connectivity index (χ0n) is 41.6. The highest BCUT2D eigenvalue weighted by Gasteiger charge is 2.51. The first-order valence-corrected chi connectivity index (χ1v) is 28.4. The average molecular weight is 962 g/mol. The minimum atomic E-state index is -5.14. The number of carbonyl (C=O) groups excluding carboxylic acids is 1.